The van der Waals surface area contributed by atoms with Gasteiger partial charge < -0.3 is 10.1 Å². The second-order valence-corrected chi connectivity index (χ2v) is 7.88. The van der Waals surface area contributed by atoms with Crippen LogP contribution in [0.1, 0.15) is 25.5 Å². The number of carbonyl (C=O) groups is 1. The minimum Gasteiger partial charge on any atom is -0.495 e. The van der Waals surface area contributed by atoms with Crippen molar-refractivity contribution in [1.29, 1.82) is 0 Å². The first-order chi connectivity index (χ1) is 12.8. The molecule has 13 heteroatoms. The molecule has 2 N–H and O–H groups in total. The summed E-state index contributed by atoms with van der Waals surface area (Å²) in [6.45, 7) is 3.52. The third-order valence-corrected chi connectivity index (χ3v) is 4.89. The van der Waals surface area contributed by atoms with Gasteiger partial charge in [-0.15, -0.1) is 0 Å². The second-order valence-electron chi connectivity index (χ2n) is 5.82. The van der Waals surface area contributed by atoms with Crippen molar-refractivity contribution in [2.75, 3.05) is 12.4 Å². The summed E-state index contributed by atoms with van der Waals surface area (Å²) >= 11 is 5.64. The van der Waals surface area contributed by atoms with Crippen molar-refractivity contribution >= 4 is 33.3 Å². The van der Waals surface area contributed by atoms with Gasteiger partial charge in [-0.3, -0.25) is 4.68 Å². The number of nitrogens with zero attached hydrogens (tertiary/aromatic N) is 2. The molecule has 2 aromatic rings. The van der Waals surface area contributed by atoms with Crippen LogP contribution in [-0.4, -0.2) is 31.3 Å². The zero-order valence-electron chi connectivity index (χ0n) is 14.8. The number of benzene rings is 1. The summed E-state index contributed by atoms with van der Waals surface area (Å²) in [5.74, 6) is -0.392. The summed E-state index contributed by atoms with van der Waals surface area (Å²) in [4.78, 5) is 12.1. The van der Waals surface area contributed by atoms with Gasteiger partial charge in [-0.1, -0.05) is 11.6 Å². The van der Waals surface area contributed by atoms with Crippen LogP contribution in [0.2, 0.25) is 5.02 Å². The van der Waals surface area contributed by atoms with Gasteiger partial charge >= 0.3 is 12.2 Å². The molecule has 0 fully saturated rings. The van der Waals surface area contributed by atoms with Gasteiger partial charge in [0.2, 0.25) is 0 Å². The number of rotatable bonds is 5. The van der Waals surface area contributed by atoms with Crippen LogP contribution in [0.3, 0.4) is 0 Å². The van der Waals surface area contributed by atoms with E-state index in [1.807, 2.05) is 5.32 Å². The molecule has 0 atom stereocenters. The van der Waals surface area contributed by atoms with Gasteiger partial charge in [0.05, 0.1) is 18.4 Å². The molecular formula is C15H16ClF3N4O4S. The fraction of sp³-hybridized carbons (Fsp3) is 0.333. The lowest BCUT2D eigenvalue weighted by Crippen LogP contribution is -2.35. The summed E-state index contributed by atoms with van der Waals surface area (Å²) < 4.78 is 72.0. The van der Waals surface area contributed by atoms with Crippen molar-refractivity contribution in [3.63, 3.8) is 0 Å². The van der Waals surface area contributed by atoms with Crippen LogP contribution in [0.4, 0.5) is 23.7 Å². The molecule has 0 saturated carbocycles. The van der Waals surface area contributed by atoms with Crippen molar-refractivity contribution in [3.8, 4) is 5.75 Å². The smallest absolute Gasteiger partial charge is 0.418 e. The molecule has 154 valence electrons. The van der Waals surface area contributed by atoms with E-state index in [0.29, 0.717) is 6.07 Å². The number of amides is 2. The number of halogens is 4. The number of alkyl halides is 3. The molecule has 28 heavy (non-hydrogen) atoms. The molecular weight excluding hydrogens is 425 g/mol. The van der Waals surface area contributed by atoms with E-state index < -0.39 is 44.3 Å². The molecule has 1 aromatic heterocycles. The number of carbonyl (C=O) groups excluding carboxylic acids is 1. The maximum absolute atomic E-state index is 13.3. The van der Waals surface area contributed by atoms with E-state index in [1.165, 1.54) is 10.9 Å². The maximum Gasteiger partial charge on any atom is 0.418 e. The van der Waals surface area contributed by atoms with Crippen LogP contribution in [0, 0.1) is 0 Å². The highest BCUT2D eigenvalue weighted by molar-refractivity contribution is 7.90. The van der Waals surface area contributed by atoms with Gasteiger partial charge in [0, 0.05) is 23.3 Å². The van der Waals surface area contributed by atoms with E-state index in [1.54, 1.807) is 18.6 Å². The van der Waals surface area contributed by atoms with Gasteiger partial charge in [-0.2, -0.15) is 26.7 Å². The van der Waals surface area contributed by atoms with E-state index in [4.69, 9.17) is 16.3 Å². The van der Waals surface area contributed by atoms with Gasteiger partial charge in [0.15, 0.2) is 5.03 Å². The Morgan fingerprint density at radius 2 is 1.96 bits per heavy atom. The Kier molecular flexibility index (Phi) is 6.14. The fourth-order valence-electron chi connectivity index (χ4n) is 2.16. The average molecular weight is 441 g/mol. The van der Waals surface area contributed by atoms with Crippen LogP contribution in [0.25, 0.3) is 0 Å². The first kappa shape index (κ1) is 21.8. The topological polar surface area (TPSA) is 102 Å². The zero-order chi connectivity index (χ0) is 21.3. The summed E-state index contributed by atoms with van der Waals surface area (Å²) in [6, 6.07) is 1.22. The van der Waals surface area contributed by atoms with Crippen LogP contribution in [-0.2, 0) is 16.2 Å². The molecule has 2 rings (SSSR count). The molecule has 1 aromatic carbocycles. The number of nitrogens with one attached hydrogen (secondary N) is 2. The molecule has 1 heterocycles. The lowest BCUT2D eigenvalue weighted by molar-refractivity contribution is -0.137. The Hall–Kier alpha value is -2.47. The molecule has 8 nitrogen and oxygen atoms in total. The Bertz CT molecular complexity index is 990. The summed E-state index contributed by atoms with van der Waals surface area (Å²) in [6.07, 6.45) is -3.49. The lowest BCUT2D eigenvalue weighted by atomic mass is 10.1. The molecule has 0 saturated heterocycles. The van der Waals surface area contributed by atoms with Gasteiger partial charge in [0.1, 0.15) is 5.75 Å². The highest BCUT2D eigenvalue weighted by Crippen LogP contribution is 2.42. The standard InChI is InChI=1S/C15H16ClF3N4O4S/c1-8(2)23-5-4-12(21-23)28(25,26)22-14(24)20-13-10(15(17,18)19)6-9(16)7-11(13)27-3/h4-8H,1-3H3,(H2,20,22,24). The number of methoxy groups -OCH3 is 1. The summed E-state index contributed by atoms with van der Waals surface area (Å²) in [5.41, 5.74) is -2.08. The van der Waals surface area contributed by atoms with Gasteiger partial charge in [0.25, 0.3) is 10.0 Å². The molecule has 0 aliphatic rings. The SMILES string of the molecule is COc1cc(Cl)cc(C(F)(F)F)c1NC(=O)NS(=O)(=O)c1ccn(C(C)C)n1. The molecule has 0 unspecified atom stereocenters. The third-order valence-electron chi connectivity index (χ3n) is 3.45. The maximum atomic E-state index is 13.3. The second kappa shape index (κ2) is 7.87. The largest absolute Gasteiger partial charge is 0.495 e. The fourth-order valence-corrected chi connectivity index (χ4v) is 3.21. The van der Waals surface area contributed by atoms with Crippen LogP contribution in [0.5, 0.6) is 5.75 Å². The summed E-state index contributed by atoms with van der Waals surface area (Å²) in [7, 11) is -3.34. The Balaban J connectivity index is 2.32. The van der Waals surface area contributed by atoms with E-state index in [2.05, 4.69) is 5.10 Å². The molecule has 0 bridgehead atoms. The van der Waals surface area contributed by atoms with Gasteiger partial charge in [-0.05, 0) is 26.0 Å². The van der Waals surface area contributed by atoms with E-state index >= 15 is 0 Å². The zero-order valence-corrected chi connectivity index (χ0v) is 16.4. The van der Waals surface area contributed by atoms with E-state index in [9.17, 15) is 26.4 Å². The Morgan fingerprint density at radius 3 is 2.46 bits per heavy atom. The van der Waals surface area contributed by atoms with E-state index in [-0.39, 0.29) is 11.1 Å². The third kappa shape index (κ3) is 4.87. The quantitative estimate of drug-likeness (QED) is 0.738. The molecule has 0 aliphatic heterocycles. The van der Waals surface area contributed by atoms with Gasteiger partial charge in [-0.25, -0.2) is 9.52 Å². The number of aromatic nitrogens is 2. The number of urea groups is 1. The Morgan fingerprint density at radius 1 is 1.32 bits per heavy atom. The van der Waals surface area contributed by atoms with Crippen LogP contribution < -0.4 is 14.8 Å². The lowest BCUT2D eigenvalue weighted by Gasteiger charge is -2.17. The van der Waals surface area contributed by atoms with Crippen molar-refractivity contribution in [3.05, 3.63) is 35.0 Å². The summed E-state index contributed by atoms with van der Waals surface area (Å²) in [5, 5.41) is 4.92. The number of hydrogen-bond donors (Lipinski definition) is 2. The van der Waals surface area contributed by atoms with Crippen molar-refractivity contribution in [2.24, 2.45) is 0 Å². The highest BCUT2D eigenvalue weighted by Gasteiger charge is 2.36. The van der Waals surface area contributed by atoms with Crippen LogP contribution >= 0.6 is 11.6 Å². The highest BCUT2D eigenvalue weighted by atomic mass is 35.5. The minimum absolute atomic E-state index is 0.134. The molecule has 0 aliphatic carbocycles. The molecule has 2 amide bonds. The first-order valence-corrected chi connectivity index (χ1v) is 9.55. The monoisotopic (exact) mass is 440 g/mol. The van der Waals surface area contributed by atoms with Crippen LogP contribution in [0.15, 0.2) is 29.4 Å². The Labute approximate surface area is 163 Å². The predicted octanol–water partition coefficient (Wildman–Crippen LogP) is 3.66. The number of anilines is 1. The van der Waals surface area contributed by atoms with Crippen molar-refractivity contribution < 1.29 is 31.1 Å². The molecule has 0 radical (unpaired) electrons. The number of hydrogen-bond acceptors (Lipinski definition) is 5. The van der Waals surface area contributed by atoms with E-state index in [0.717, 1.165) is 19.2 Å². The number of sulfonamides is 1. The van der Waals surface area contributed by atoms with Crippen molar-refractivity contribution in [1.82, 2.24) is 14.5 Å². The first-order valence-electron chi connectivity index (χ1n) is 7.69. The predicted molar refractivity (Wildman–Crippen MR) is 95.0 cm³/mol. The molecule has 0 spiro atoms. The normalized spacial score (nSPS) is 12.1. The van der Waals surface area contributed by atoms with Crippen molar-refractivity contribution in [2.45, 2.75) is 31.1 Å². The average Bonchev–Trinajstić information content (AvgIpc) is 3.05. The number of ether oxygens (including phenoxy) is 1. The minimum atomic E-state index is -4.88.